The third-order valence-corrected chi connectivity index (χ3v) is 7.15. The number of nitrogens with zero attached hydrogens (tertiary/aromatic N) is 3. The van der Waals surface area contributed by atoms with Gasteiger partial charge in [-0.05, 0) is 53.8 Å². The van der Waals surface area contributed by atoms with Crippen LogP contribution in [0.1, 0.15) is 63.7 Å². The average molecular weight is 491 g/mol. The molecule has 1 aromatic heterocycles. The summed E-state index contributed by atoms with van der Waals surface area (Å²) in [5.74, 6) is -6.75. The first-order chi connectivity index (χ1) is 16.5. The molecule has 0 amide bonds. The largest absolute Gasteiger partial charge is 0.382 e. The topological polar surface area (TPSA) is 61.8 Å². The van der Waals surface area contributed by atoms with E-state index in [4.69, 9.17) is 0 Å². The van der Waals surface area contributed by atoms with Gasteiger partial charge in [-0.3, -0.25) is 4.68 Å². The third-order valence-electron chi connectivity index (χ3n) is 7.15. The molecule has 0 bridgehead atoms. The highest BCUT2D eigenvalue weighted by molar-refractivity contribution is 5.74. The lowest BCUT2D eigenvalue weighted by Gasteiger charge is -2.33. The second kappa shape index (κ2) is 7.85. The van der Waals surface area contributed by atoms with Crippen molar-refractivity contribution >= 4 is 0 Å². The van der Waals surface area contributed by atoms with Crippen molar-refractivity contribution in [3.05, 3.63) is 75.1 Å². The van der Waals surface area contributed by atoms with Crippen molar-refractivity contribution in [2.45, 2.75) is 50.1 Å². The molecular weight excluding hydrogens is 472 g/mol. The van der Waals surface area contributed by atoms with E-state index >= 15 is 4.39 Å². The van der Waals surface area contributed by atoms with Gasteiger partial charge >= 0.3 is 0 Å². The van der Waals surface area contributed by atoms with Crippen molar-refractivity contribution in [2.24, 2.45) is 7.05 Å². The Hall–Kier alpha value is -3.32. The van der Waals surface area contributed by atoms with E-state index in [0.717, 1.165) is 18.2 Å². The van der Waals surface area contributed by atoms with Crippen molar-refractivity contribution in [3.63, 3.8) is 0 Å². The van der Waals surface area contributed by atoms with Gasteiger partial charge in [0.1, 0.15) is 23.9 Å². The van der Waals surface area contributed by atoms with E-state index in [1.807, 2.05) is 0 Å². The highest BCUT2D eigenvalue weighted by atomic mass is 19.3. The van der Waals surface area contributed by atoms with Gasteiger partial charge in [0.25, 0.3) is 5.92 Å². The molecule has 2 aliphatic rings. The minimum absolute atomic E-state index is 0.0630. The Labute approximate surface area is 196 Å². The number of fused-ring (bicyclic) bond motifs is 2. The summed E-state index contributed by atoms with van der Waals surface area (Å²) in [7, 11) is 1.59. The zero-order valence-corrected chi connectivity index (χ0v) is 18.6. The maximum Gasteiger partial charge on any atom is 0.281 e. The van der Waals surface area contributed by atoms with Gasteiger partial charge in [-0.1, -0.05) is 0 Å². The van der Waals surface area contributed by atoms with E-state index in [1.165, 1.54) is 10.9 Å². The Morgan fingerprint density at radius 3 is 2.49 bits per heavy atom. The molecule has 35 heavy (non-hydrogen) atoms. The molecule has 0 saturated carbocycles. The number of rotatable bonds is 2. The highest BCUT2D eigenvalue weighted by Gasteiger charge is 2.51. The minimum atomic E-state index is -3.65. The summed E-state index contributed by atoms with van der Waals surface area (Å²) in [6, 6.07) is 4.35. The Morgan fingerprint density at radius 1 is 1.14 bits per heavy atom. The molecule has 4 nitrogen and oxygen atoms in total. The van der Waals surface area contributed by atoms with Crippen LogP contribution in [0.4, 0.5) is 26.3 Å². The first kappa shape index (κ1) is 23.4. The van der Waals surface area contributed by atoms with Crippen LogP contribution in [0, 0.1) is 29.9 Å². The number of aromatic nitrogens is 2. The average Bonchev–Trinajstić information content (AvgIpc) is 3.25. The normalized spacial score (nSPS) is 24.7. The fraction of sp³-hybridized carbons (Fsp3) is 0.360. The van der Waals surface area contributed by atoms with Crippen LogP contribution in [0.5, 0.6) is 0 Å². The van der Waals surface area contributed by atoms with E-state index < -0.39 is 60.3 Å². The number of aliphatic hydroxyl groups excluding tert-OH is 1. The second-order valence-corrected chi connectivity index (χ2v) is 9.10. The minimum Gasteiger partial charge on any atom is -0.382 e. The summed E-state index contributed by atoms with van der Waals surface area (Å²) < 4.78 is 90.3. The number of aryl methyl sites for hydroxylation is 1. The second-order valence-electron chi connectivity index (χ2n) is 9.10. The van der Waals surface area contributed by atoms with Gasteiger partial charge in [-0.2, -0.15) is 10.4 Å². The molecule has 2 aromatic carbocycles. The fourth-order valence-electron chi connectivity index (χ4n) is 5.39. The summed E-state index contributed by atoms with van der Waals surface area (Å²) in [6.45, 7) is 1.61. The van der Waals surface area contributed by atoms with Gasteiger partial charge < -0.3 is 5.11 Å². The molecule has 0 radical (unpaired) electrons. The number of nitriles is 1. The van der Waals surface area contributed by atoms with E-state index in [-0.39, 0.29) is 38.9 Å². The molecule has 0 saturated heterocycles. The van der Waals surface area contributed by atoms with Gasteiger partial charge in [0.05, 0.1) is 17.8 Å². The van der Waals surface area contributed by atoms with Crippen molar-refractivity contribution in [3.8, 4) is 17.2 Å². The van der Waals surface area contributed by atoms with E-state index in [1.54, 1.807) is 20.0 Å². The molecule has 5 rings (SSSR count). The highest BCUT2D eigenvalue weighted by Crippen LogP contribution is 2.54. The monoisotopic (exact) mass is 491 g/mol. The summed E-state index contributed by atoms with van der Waals surface area (Å²) in [5.41, 5.74) is -0.851. The molecule has 10 heteroatoms. The lowest BCUT2D eigenvalue weighted by Crippen LogP contribution is -2.26. The molecular formula is C25H19F6N3O. The predicted molar refractivity (Wildman–Crippen MR) is 113 cm³/mol. The number of halogens is 6. The summed E-state index contributed by atoms with van der Waals surface area (Å²) in [4.78, 5) is 0. The van der Waals surface area contributed by atoms with Crippen molar-refractivity contribution < 1.29 is 31.4 Å². The van der Waals surface area contributed by atoms with Gasteiger partial charge in [-0.15, -0.1) is 0 Å². The number of benzene rings is 2. The van der Waals surface area contributed by atoms with E-state index in [9.17, 15) is 32.3 Å². The Balaban J connectivity index is 1.82. The molecule has 0 fully saturated rings. The van der Waals surface area contributed by atoms with Crippen LogP contribution >= 0.6 is 0 Å². The van der Waals surface area contributed by atoms with E-state index in [0.29, 0.717) is 5.69 Å². The van der Waals surface area contributed by atoms with Crippen LogP contribution in [-0.4, -0.2) is 27.0 Å². The summed E-state index contributed by atoms with van der Waals surface area (Å²) in [6.07, 6.45) is -6.93. The molecule has 0 spiro atoms. The van der Waals surface area contributed by atoms with Crippen LogP contribution in [0.2, 0.25) is 0 Å². The SMILES string of the molecule is Cc1c(-c2c(F)cc([C@H]3C[C@H](F)[C@H](F)c4cc(F)cc(C#N)c43)c3c2[C@H](O)C(F)(F)C3)cnn1C. The zero-order valence-electron chi connectivity index (χ0n) is 18.6. The maximum atomic E-state index is 15.7. The van der Waals surface area contributed by atoms with Crippen LogP contribution in [0.3, 0.4) is 0 Å². The van der Waals surface area contributed by atoms with Crippen LogP contribution in [0.25, 0.3) is 11.1 Å². The smallest absolute Gasteiger partial charge is 0.281 e. The molecule has 1 heterocycles. The molecule has 4 atom stereocenters. The van der Waals surface area contributed by atoms with Crippen LogP contribution in [0.15, 0.2) is 24.4 Å². The number of aliphatic hydroxyl groups is 1. The number of hydrogen-bond donors (Lipinski definition) is 1. The Kier molecular flexibility index (Phi) is 5.25. The van der Waals surface area contributed by atoms with Crippen LogP contribution < -0.4 is 0 Å². The van der Waals surface area contributed by atoms with Gasteiger partial charge in [0.15, 0.2) is 6.17 Å². The van der Waals surface area contributed by atoms with Crippen molar-refractivity contribution in [2.75, 3.05) is 0 Å². The van der Waals surface area contributed by atoms with Gasteiger partial charge in [-0.25, -0.2) is 26.3 Å². The van der Waals surface area contributed by atoms with E-state index in [2.05, 4.69) is 5.10 Å². The maximum absolute atomic E-state index is 15.7. The fourth-order valence-corrected chi connectivity index (χ4v) is 5.39. The first-order valence-electron chi connectivity index (χ1n) is 10.9. The Morgan fingerprint density at radius 2 is 1.86 bits per heavy atom. The standard InChI is InChI=1S/C25H19F6N3O/c1-10-17(9-33-34(10)2)21-18(27)5-13(16-7-25(30,31)24(35)22(16)21)14-6-19(28)23(29)15-4-12(26)3-11(8-32)20(14)15/h3-5,9,14,19,23-24,35H,6-7H2,1-2H3/t14-,19+,23-,24+/m1/s1. The van der Waals surface area contributed by atoms with Crippen molar-refractivity contribution in [1.82, 2.24) is 9.78 Å². The van der Waals surface area contributed by atoms with Crippen LogP contribution in [-0.2, 0) is 13.5 Å². The molecule has 2 aliphatic carbocycles. The number of alkyl halides is 4. The lowest BCUT2D eigenvalue weighted by molar-refractivity contribution is -0.0967. The molecule has 0 unspecified atom stereocenters. The van der Waals surface area contributed by atoms with Gasteiger partial charge in [0, 0.05) is 41.8 Å². The summed E-state index contributed by atoms with van der Waals surface area (Å²) >= 11 is 0. The summed E-state index contributed by atoms with van der Waals surface area (Å²) in [5, 5.41) is 24.1. The molecule has 3 aromatic rings. The molecule has 1 N–H and O–H groups in total. The zero-order chi connectivity index (χ0) is 25.4. The molecule has 0 aliphatic heterocycles. The van der Waals surface area contributed by atoms with Gasteiger partial charge in [0.2, 0.25) is 0 Å². The third kappa shape index (κ3) is 3.36. The Bertz CT molecular complexity index is 1410. The first-order valence-corrected chi connectivity index (χ1v) is 10.9. The lowest BCUT2D eigenvalue weighted by atomic mass is 9.73. The van der Waals surface area contributed by atoms with Crippen molar-refractivity contribution in [1.29, 1.82) is 5.26 Å². The quantitative estimate of drug-likeness (QED) is 0.471. The number of hydrogen-bond acceptors (Lipinski definition) is 3. The predicted octanol–water partition coefficient (Wildman–Crippen LogP) is 5.65. The molecule has 182 valence electrons.